The molecular formula is C11H18N3O15P3. The molecule has 1 amide bonds. The Morgan fingerprint density at radius 2 is 1.78 bits per heavy atom. The first-order valence-corrected chi connectivity index (χ1v) is 12.7. The van der Waals surface area contributed by atoms with Crippen molar-refractivity contribution in [3.63, 3.8) is 0 Å². The average molecular weight is 525 g/mol. The van der Waals surface area contributed by atoms with Gasteiger partial charge in [-0.3, -0.25) is 13.9 Å². The highest BCUT2D eigenvalue weighted by Gasteiger charge is 2.46. The number of aliphatic hydroxyl groups excluding tert-OH is 2. The van der Waals surface area contributed by atoms with Crippen molar-refractivity contribution in [3.8, 4) is 0 Å². The maximum atomic E-state index is 12.1. The smallest absolute Gasteiger partial charge is 0.387 e. The molecule has 21 heteroatoms. The molecule has 2 heterocycles. The number of ether oxygens (including phenoxy) is 1. The second-order valence-corrected chi connectivity index (χ2v) is 10.5. The fraction of sp³-hybridized carbons (Fsp3) is 0.545. The van der Waals surface area contributed by atoms with Gasteiger partial charge in [0.25, 0.3) is 0 Å². The summed E-state index contributed by atoms with van der Waals surface area (Å²) in [4.78, 5) is 62.1. The molecule has 1 aromatic rings. The normalized spacial score (nSPS) is 27.5. The molecule has 18 nitrogen and oxygen atoms in total. The fourth-order valence-corrected chi connectivity index (χ4v) is 5.45. The summed E-state index contributed by atoms with van der Waals surface area (Å²) in [5.41, 5.74) is -0.999. The molecule has 1 saturated heterocycles. The summed E-state index contributed by atoms with van der Waals surface area (Å²) in [6.45, 7) is 0.125. The van der Waals surface area contributed by atoms with Gasteiger partial charge in [0.05, 0.1) is 6.61 Å². The van der Waals surface area contributed by atoms with E-state index in [1.54, 1.807) is 0 Å². The van der Waals surface area contributed by atoms with Gasteiger partial charge in [0.2, 0.25) is 5.91 Å². The predicted octanol–water partition coefficient (Wildman–Crippen LogP) is -1.84. The minimum atomic E-state index is -5.74. The van der Waals surface area contributed by atoms with Gasteiger partial charge in [0.15, 0.2) is 6.23 Å². The summed E-state index contributed by atoms with van der Waals surface area (Å²) in [6, 6.07) is 1.19. The number of aliphatic hydroxyl groups is 2. The molecule has 2 rings (SSSR count). The monoisotopic (exact) mass is 525 g/mol. The Hall–Kier alpha value is -1.36. The second-order valence-electron chi connectivity index (χ2n) is 6.12. The summed E-state index contributed by atoms with van der Waals surface area (Å²) in [6.07, 6.45) is -5.62. The van der Waals surface area contributed by atoms with Crippen LogP contribution < -0.4 is 11.0 Å². The van der Waals surface area contributed by atoms with Gasteiger partial charge >= 0.3 is 29.2 Å². The van der Waals surface area contributed by atoms with E-state index in [9.17, 15) is 38.4 Å². The Bertz CT molecular complexity index is 1050. The lowest BCUT2D eigenvalue weighted by molar-refractivity contribution is -0.114. The molecule has 0 spiro atoms. The van der Waals surface area contributed by atoms with Crippen LogP contribution in [0.15, 0.2) is 17.1 Å². The molecule has 1 fully saturated rings. The van der Waals surface area contributed by atoms with E-state index in [0.717, 1.165) is 10.8 Å². The molecule has 182 valence electrons. The van der Waals surface area contributed by atoms with Crippen LogP contribution in [0.25, 0.3) is 0 Å². The number of nitrogens with zero attached hydrogens (tertiary/aromatic N) is 2. The van der Waals surface area contributed by atoms with E-state index in [2.05, 4.69) is 23.4 Å². The molecule has 1 aromatic heterocycles. The van der Waals surface area contributed by atoms with Crippen LogP contribution in [0.3, 0.4) is 0 Å². The Morgan fingerprint density at radius 1 is 1.16 bits per heavy atom. The first-order valence-electron chi connectivity index (χ1n) is 8.16. The molecule has 7 N–H and O–H groups in total. The minimum Gasteiger partial charge on any atom is -0.387 e. The lowest BCUT2D eigenvalue weighted by Crippen LogP contribution is -2.36. The first-order chi connectivity index (χ1) is 14.5. The highest BCUT2D eigenvalue weighted by molar-refractivity contribution is 7.66. The van der Waals surface area contributed by atoms with Crippen LogP contribution in [0.2, 0.25) is 0 Å². The summed E-state index contributed by atoms with van der Waals surface area (Å²) in [7, 11) is -16.8. The van der Waals surface area contributed by atoms with Crippen molar-refractivity contribution in [1.29, 1.82) is 0 Å². The molecule has 1 aliphatic rings. The van der Waals surface area contributed by atoms with Gasteiger partial charge in [0.1, 0.15) is 24.1 Å². The Labute approximate surface area is 177 Å². The zero-order chi connectivity index (χ0) is 24.5. The van der Waals surface area contributed by atoms with Gasteiger partial charge in [-0.1, -0.05) is 0 Å². The Balaban J connectivity index is 2.07. The zero-order valence-corrected chi connectivity index (χ0v) is 18.4. The highest BCUT2D eigenvalue weighted by Crippen LogP contribution is 2.66. The van der Waals surface area contributed by atoms with Crippen molar-refractivity contribution in [2.75, 3.05) is 11.9 Å². The minimum absolute atomic E-state index is 0.101. The number of rotatable bonds is 9. The van der Waals surface area contributed by atoms with Crippen LogP contribution in [-0.2, 0) is 36.4 Å². The maximum Gasteiger partial charge on any atom is 0.490 e. The molecule has 0 bridgehead atoms. The lowest BCUT2D eigenvalue weighted by Gasteiger charge is -2.19. The summed E-state index contributed by atoms with van der Waals surface area (Å²) in [5.74, 6) is -0.607. The molecule has 6 atom stereocenters. The number of carbonyl (C=O) groups excluding carboxylic acids is 1. The number of carbonyl (C=O) groups is 1. The number of hydrogen-bond acceptors (Lipinski definition) is 12. The van der Waals surface area contributed by atoms with E-state index in [4.69, 9.17) is 19.4 Å². The second kappa shape index (κ2) is 9.87. The zero-order valence-electron chi connectivity index (χ0n) is 15.8. The topological polar surface area (TPSA) is 273 Å². The molecular weight excluding hydrogens is 507 g/mol. The lowest BCUT2D eigenvalue weighted by atomic mass is 10.1. The third kappa shape index (κ3) is 7.60. The molecule has 0 saturated carbocycles. The van der Waals surface area contributed by atoms with E-state index in [0.29, 0.717) is 0 Å². The summed E-state index contributed by atoms with van der Waals surface area (Å²) < 4.78 is 51.0. The fourth-order valence-electron chi connectivity index (χ4n) is 2.42. The van der Waals surface area contributed by atoms with E-state index in [1.165, 1.54) is 13.0 Å². The molecule has 32 heavy (non-hydrogen) atoms. The molecule has 2 unspecified atom stereocenters. The molecule has 0 aromatic carbocycles. The highest BCUT2D eigenvalue weighted by atomic mass is 31.3. The van der Waals surface area contributed by atoms with Crippen LogP contribution in [-0.4, -0.2) is 70.2 Å². The third-order valence-corrected chi connectivity index (χ3v) is 7.37. The number of phosphoric acid groups is 3. The van der Waals surface area contributed by atoms with Crippen LogP contribution in [0, 0.1) is 0 Å². The first kappa shape index (κ1) is 26.9. The quantitative estimate of drug-likeness (QED) is 0.175. The number of nitrogens with one attached hydrogen (secondary N) is 1. The van der Waals surface area contributed by atoms with Crippen LogP contribution in [0.5, 0.6) is 0 Å². The van der Waals surface area contributed by atoms with Crippen LogP contribution in [0.4, 0.5) is 5.82 Å². The van der Waals surface area contributed by atoms with E-state index in [-0.39, 0.29) is 5.82 Å². The average Bonchev–Trinajstić information content (AvgIpc) is 2.85. The SMILES string of the molecule is CC(=O)Nc1ccn([C@@H]2O[C@H](COP(=O)(O)OP(=O)(O)OP(=O)(O)O)[C@H](O)[C@@H]2O)c(=O)n1. The number of anilines is 1. The number of hydrogen-bond donors (Lipinski definition) is 7. The van der Waals surface area contributed by atoms with E-state index < -0.39 is 66.2 Å². The Morgan fingerprint density at radius 3 is 2.31 bits per heavy atom. The molecule has 0 radical (unpaired) electrons. The van der Waals surface area contributed by atoms with Gasteiger partial charge in [0, 0.05) is 13.1 Å². The van der Waals surface area contributed by atoms with Crippen molar-refractivity contribution >= 4 is 35.2 Å². The molecule has 0 aliphatic carbocycles. The number of phosphoric ester groups is 1. The maximum absolute atomic E-state index is 12.1. The standard InChI is InChI=1S/C11H18N3O15P3/c1-5(15)12-7-2-3-14(11(18)13-7)10-9(17)8(16)6(27-10)4-26-31(22,23)29-32(24,25)28-30(19,20)21/h2-3,6,8-10,16-17H,4H2,1H3,(H,22,23)(H,24,25)(H2,19,20,21)(H,12,13,15,18)/t6-,8+,9+,10-/m1/s1. The van der Waals surface area contributed by atoms with E-state index in [1.807, 2.05) is 0 Å². The van der Waals surface area contributed by atoms with Crippen molar-refractivity contribution in [2.45, 2.75) is 31.5 Å². The third-order valence-electron chi connectivity index (χ3n) is 3.56. The van der Waals surface area contributed by atoms with Crippen molar-refractivity contribution in [2.24, 2.45) is 0 Å². The van der Waals surface area contributed by atoms with Crippen LogP contribution >= 0.6 is 23.5 Å². The van der Waals surface area contributed by atoms with Gasteiger partial charge < -0.3 is 39.8 Å². The van der Waals surface area contributed by atoms with Crippen molar-refractivity contribution < 1.29 is 66.2 Å². The summed E-state index contributed by atoms with van der Waals surface area (Å²) in [5, 5.41) is 22.4. The number of amides is 1. The number of aromatic nitrogens is 2. The van der Waals surface area contributed by atoms with E-state index >= 15 is 0 Å². The van der Waals surface area contributed by atoms with Gasteiger partial charge in [-0.25, -0.2) is 18.5 Å². The van der Waals surface area contributed by atoms with Crippen molar-refractivity contribution in [3.05, 3.63) is 22.7 Å². The van der Waals surface area contributed by atoms with Gasteiger partial charge in [-0.15, -0.1) is 0 Å². The predicted molar refractivity (Wildman–Crippen MR) is 98.5 cm³/mol. The van der Waals surface area contributed by atoms with Gasteiger partial charge in [-0.05, 0) is 6.07 Å². The van der Waals surface area contributed by atoms with Gasteiger partial charge in [-0.2, -0.15) is 13.6 Å². The summed E-state index contributed by atoms with van der Waals surface area (Å²) >= 11 is 0. The Kier molecular flexibility index (Phi) is 8.29. The largest absolute Gasteiger partial charge is 0.490 e. The molecule has 1 aliphatic heterocycles. The van der Waals surface area contributed by atoms with Crippen molar-refractivity contribution in [1.82, 2.24) is 9.55 Å². The van der Waals surface area contributed by atoms with Crippen LogP contribution in [0.1, 0.15) is 13.2 Å².